The van der Waals surface area contributed by atoms with Gasteiger partial charge in [0.15, 0.2) is 0 Å². The van der Waals surface area contributed by atoms with Crippen LogP contribution in [0.2, 0.25) is 0 Å². The molecule has 0 saturated heterocycles. The van der Waals surface area contributed by atoms with Crippen molar-refractivity contribution < 1.29 is 4.74 Å². The molecule has 0 aliphatic heterocycles. The first-order valence-electron chi connectivity index (χ1n) is 9.52. The number of ether oxygens (including phenoxy) is 1. The molecular formula is C23H23N3O. The number of aromatic nitrogens is 2. The predicted molar refractivity (Wildman–Crippen MR) is 109 cm³/mol. The lowest BCUT2D eigenvalue weighted by molar-refractivity contribution is 0.414. The van der Waals surface area contributed by atoms with Crippen LogP contribution in [0.5, 0.6) is 5.75 Å². The van der Waals surface area contributed by atoms with Crippen LogP contribution in [-0.2, 0) is 19.3 Å². The van der Waals surface area contributed by atoms with Crippen molar-refractivity contribution in [1.29, 1.82) is 0 Å². The van der Waals surface area contributed by atoms with Crippen LogP contribution in [0, 0.1) is 0 Å². The highest BCUT2D eigenvalue weighted by atomic mass is 16.5. The third-order valence-electron chi connectivity index (χ3n) is 5.66. The molecular weight excluding hydrogens is 334 g/mol. The lowest BCUT2D eigenvalue weighted by atomic mass is 9.88. The van der Waals surface area contributed by atoms with Gasteiger partial charge in [0, 0.05) is 34.4 Å². The maximum Gasteiger partial charge on any atom is 0.118 e. The standard InChI is InChI=1S/C23H23N3O/c1-27-16-9-6-14(7-10-16)12-21-23-22(17-4-2-3-5-19(17)26-23)18-13-15(24)8-11-20(18)25-21/h2-7,9-10,15,26H,8,11-13,24H2,1H3. The van der Waals surface area contributed by atoms with Gasteiger partial charge in [-0.25, -0.2) is 0 Å². The third kappa shape index (κ3) is 2.77. The average Bonchev–Trinajstić information content (AvgIpc) is 3.09. The Morgan fingerprint density at radius 2 is 1.96 bits per heavy atom. The van der Waals surface area contributed by atoms with Crippen LogP contribution in [-0.4, -0.2) is 23.1 Å². The third-order valence-corrected chi connectivity index (χ3v) is 5.66. The van der Waals surface area contributed by atoms with E-state index in [-0.39, 0.29) is 6.04 Å². The van der Waals surface area contributed by atoms with Crippen molar-refractivity contribution in [3.63, 3.8) is 0 Å². The van der Waals surface area contributed by atoms with Gasteiger partial charge in [-0.15, -0.1) is 0 Å². The zero-order valence-corrected chi connectivity index (χ0v) is 15.5. The highest BCUT2D eigenvalue weighted by molar-refractivity contribution is 6.10. The minimum absolute atomic E-state index is 0.226. The van der Waals surface area contributed by atoms with E-state index in [0.717, 1.165) is 48.2 Å². The summed E-state index contributed by atoms with van der Waals surface area (Å²) in [6, 6.07) is 17.0. The molecule has 2 heterocycles. The summed E-state index contributed by atoms with van der Waals surface area (Å²) in [5.41, 5.74) is 13.5. The molecule has 1 atom stereocenters. The van der Waals surface area contributed by atoms with Gasteiger partial charge in [0.2, 0.25) is 0 Å². The summed E-state index contributed by atoms with van der Waals surface area (Å²) >= 11 is 0. The number of nitrogens with two attached hydrogens (primary N) is 1. The number of methoxy groups -OCH3 is 1. The minimum atomic E-state index is 0.226. The average molecular weight is 357 g/mol. The van der Waals surface area contributed by atoms with E-state index < -0.39 is 0 Å². The molecule has 1 aliphatic carbocycles. The molecule has 4 nitrogen and oxygen atoms in total. The van der Waals surface area contributed by atoms with Gasteiger partial charge in [-0.05, 0) is 48.6 Å². The number of fused-ring (bicyclic) bond motifs is 5. The maximum atomic E-state index is 6.29. The summed E-state index contributed by atoms with van der Waals surface area (Å²) < 4.78 is 5.28. The molecule has 0 radical (unpaired) electrons. The molecule has 5 rings (SSSR count). The van der Waals surface area contributed by atoms with E-state index in [4.69, 9.17) is 15.5 Å². The number of aryl methyl sites for hydroxylation is 1. The topological polar surface area (TPSA) is 63.9 Å². The van der Waals surface area contributed by atoms with E-state index in [9.17, 15) is 0 Å². The first kappa shape index (κ1) is 16.3. The van der Waals surface area contributed by atoms with Crippen molar-refractivity contribution in [3.05, 3.63) is 71.0 Å². The van der Waals surface area contributed by atoms with Crippen LogP contribution in [0.25, 0.3) is 21.8 Å². The number of nitrogens with one attached hydrogen (secondary N) is 1. The van der Waals surface area contributed by atoms with Crippen LogP contribution in [0.1, 0.15) is 28.9 Å². The Morgan fingerprint density at radius 1 is 1.15 bits per heavy atom. The first-order chi connectivity index (χ1) is 13.2. The smallest absolute Gasteiger partial charge is 0.118 e. The molecule has 1 unspecified atom stereocenters. The molecule has 4 heteroatoms. The van der Waals surface area contributed by atoms with Gasteiger partial charge in [-0.3, -0.25) is 4.98 Å². The van der Waals surface area contributed by atoms with Crippen LogP contribution in [0.15, 0.2) is 48.5 Å². The number of H-pyrrole nitrogens is 1. The van der Waals surface area contributed by atoms with Crippen LogP contribution < -0.4 is 10.5 Å². The molecule has 0 spiro atoms. The highest BCUT2D eigenvalue weighted by Gasteiger charge is 2.23. The van der Waals surface area contributed by atoms with Crippen molar-refractivity contribution in [1.82, 2.24) is 9.97 Å². The van der Waals surface area contributed by atoms with E-state index in [1.807, 2.05) is 12.1 Å². The van der Waals surface area contributed by atoms with Crippen LogP contribution in [0.3, 0.4) is 0 Å². The van der Waals surface area contributed by atoms with Crippen molar-refractivity contribution in [2.24, 2.45) is 5.73 Å². The van der Waals surface area contributed by atoms with Crippen LogP contribution >= 0.6 is 0 Å². The van der Waals surface area contributed by atoms with E-state index in [1.54, 1.807) is 7.11 Å². The quantitative estimate of drug-likeness (QED) is 0.579. The minimum Gasteiger partial charge on any atom is -0.497 e. The second kappa shape index (κ2) is 6.39. The summed E-state index contributed by atoms with van der Waals surface area (Å²) in [4.78, 5) is 8.72. The fraction of sp³-hybridized carbons (Fsp3) is 0.261. The normalized spacial score (nSPS) is 16.6. The Labute approximate surface area is 158 Å². The molecule has 0 fully saturated rings. The maximum absolute atomic E-state index is 6.29. The number of benzene rings is 2. The number of hydrogen-bond acceptors (Lipinski definition) is 3. The Bertz CT molecular complexity index is 1130. The first-order valence-corrected chi connectivity index (χ1v) is 9.52. The molecule has 4 aromatic rings. The molecule has 0 amide bonds. The highest BCUT2D eigenvalue weighted by Crippen LogP contribution is 2.35. The number of pyridine rings is 1. The van der Waals surface area contributed by atoms with E-state index >= 15 is 0 Å². The van der Waals surface area contributed by atoms with Gasteiger partial charge < -0.3 is 15.5 Å². The van der Waals surface area contributed by atoms with Gasteiger partial charge in [0.1, 0.15) is 5.75 Å². The molecule has 0 bridgehead atoms. The Balaban J connectivity index is 1.71. The molecule has 2 aromatic carbocycles. The molecule has 1 aliphatic rings. The second-order valence-electron chi connectivity index (χ2n) is 7.43. The summed E-state index contributed by atoms with van der Waals surface area (Å²) in [7, 11) is 1.69. The zero-order valence-electron chi connectivity index (χ0n) is 15.5. The van der Waals surface area contributed by atoms with E-state index in [2.05, 4.69) is 41.4 Å². The van der Waals surface area contributed by atoms with E-state index in [1.165, 1.54) is 27.6 Å². The predicted octanol–water partition coefficient (Wildman–Crippen LogP) is 4.13. The van der Waals surface area contributed by atoms with Gasteiger partial charge >= 0.3 is 0 Å². The molecule has 136 valence electrons. The lowest BCUT2D eigenvalue weighted by Gasteiger charge is -2.22. The fourth-order valence-electron chi connectivity index (χ4n) is 4.28. The SMILES string of the molecule is COc1ccc(Cc2nc3c(c4c2[nH]c2ccccc24)CC(N)CC3)cc1. The Morgan fingerprint density at radius 3 is 2.78 bits per heavy atom. The van der Waals surface area contributed by atoms with Crippen molar-refractivity contribution in [2.45, 2.75) is 31.7 Å². The summed E-state index contributed by atoms with van der Waals surface area (Å²) in [6.45, 7) is 0. The van der Waals surface area contributed by atoms with Gasteiger partial charge in [-0.1, -0.05) is 30.3 Å². The lowest BCUT2D eigenvalue weighted by Crippen LogP contribution is -2.28. The molecule has 27 heavy (non-hydrogen) atoms. The Kier molecular flexibility index (Phi) is 3.87. The molecule has 0 saturated carbocycles. The molecule has 3 N–H and O–H groups in total. The second-order valence-corrected chi connectivity index (χ2v) is 7.43. The number of rotatable bonds is 3. The number of para-hydroxylation sites is 1. The number of hydrogen-bond donors (Lipinski definition) is 2. The fourth-order valence-corrected chi connectivity index (χ4v) is 4.28. The summed E-state index contributed by atoms with van der Waals surface area (Å²) in [5.74, 6) is 0.877. The monoisotopic (exact) mass is 357 g/mol. The van der Waals surface area contributed by atoms with Crippen molar-refractivity contribution in [3.8, 4) is 5.75 Å². The van der Waals surface area contributed by atoms with Crippen molar-refractivity contribution >= 4 is 21.8 Å². The van der Waals surface area contributed by atoms with Crippen LogP contribution in [0.4, 0.5) is 0 Å². The number of nitrogens with zero attached hydrogens (tertiary/aromatic N) is 1. The zero-order chi connectivity index (χ0) is 18.4. The van der Waals surface area contributed by atoms with E-state index in [0.29, 0.717) is 0 Å². The van der Waals surface area contributed by atoms with Gasteiger partial charge in [0.25, 0.3) is 0 Å². The van der Waals surface area contributed by atoms with Crippen molar-refractivity contribution in [2.75, 3.05) is 7.11 Å². The largest absolute Gasteiger partial charge is 0.497 e. The molecule has 2 aromatic heterocycles. The summed E-state index contributed by atoms with van der Waals surface area (Å²) in [5, 5.41) is 2.59. The number of aromatic amines is 1. The Hall–Kier alpha value is -2.85. The van der Waals surface area contributed by atoms with Gasteiger partial charge in [-0.2, -0.15) is 0 Å². The van der Waals surface area contributed by atoms with Gasteiger partial charge in [0.05, 0.1) is 18.3 Å². The summed E-state index contributed by atoms with van der Waals surface area (Å²) in [6.07, 6.45) is 3.67.